The molecule has 152 valence electrons. The maximum absolute atomic E-state index is 12.0. The highest BCUT2D eigenvalue weighted by Gasteiger charge is 2.20. The molecule has 1 aliphatic rings. The molecule has 0 aliphatic heterocycles. The van der Waals surface area contributed by atoms with E-state index < -0.39 is 0 Å². The molecule has 0 aromatic heterocycles. The van der Waals surface area contributed by atoms with Crippen LogP contribution in [0.5, 0.6) is 0 Å². The lowest BCUT2D eigenvalue weighted by Gasteiger charge is -2.12. The largest absolute Gasteiger partial charge is 0.381 e. The van der Waals surface area contributed by atoms with Gasteiger partial charge in [-0.2, -0.15) is 0 Å². The second kappa shape index (κ2) is 13.2. The summed E-state index contributed by atoms with van der Waals surface area (Å²) in [6.45, 7) is 4.90. The summed E-state index contributed by atoms with van der Waals surface area (Å²) >= 11 is 6.12. The molecule has 1 saturated carbocycles. The molecule has 1 amide bonds. The summed E-state index contributed by atoms with van der Waals surface area (Å²) in [5, 5.41) is 9.72. The number of carbonyl (C=O) groups excluding carboxylic acids is 1. The van der Waals surface area contributed by atoms with Gasteiger partial charge in [-0.1, -0.05) is 17.7 Å². The molecule has 6 nitrogen and oxygen atoms in total. The van der Waals surface area contributed by atoms with Crippen molar-refractivity contribution in [3.8, 4) is 0 Å². The van der Waals surface area contributed by atoms with Gasteiger partial charge in [-0.05, 0) is 49.8 Å². The number of nitrogens with zero attached hydrogens (tertiary/aromatic N) is 1. The van der Waals surface area contributed by atoms with Crippen molar-refractivity contribution in [3.05, 3.63) is 28.8 Å². The Morgan fingerprint density at radius 1 is 1.30 bits per heavy atom. The van der Waals surface area contributed by atoms with Gasteiger partial charge < -0.3 is 20.7 Å². The number of ether oxygens (including phenoxy) is 1. The molecule has 0 heterocycles. The van der Waals surface area contributed by atoms with Crippen molar-refractivity contribution in [2.24, 2.45) is 10.9 Å². The number of guanidine groups is 1. The van der Waals surface area contributed by atoms with Gasteiger partial charge in [0.1, 0.15) is 0 Å². The van der Waals surface area contributed by atoms with Crippen LogP contribution in [0.4, 0.5) is 5.69 Å². The molecule has 0 spiro atoms. The van der Waals surface area contributed by atoms with Crippen LogP contribution in [-0.4, -0.2) is 45.2 Å². The average molecular weight is 509 g/mol. The quantitative estimate of drug-likeness (QED) is 0.195. The van der Waals surface area contributed by atoms with Crippen molar-refractivity contribution in [2.75, 3.05) is 38.7 Å². The van der Waals surface area contributed by atoms with Crippen LogP contribution < -0.4 is 16.0 Å². The molecule has 0 atom stereocenters. The molecule has 1 aromatic rings. The molecule has 1 aromatic carbocycles. The predicted molar refractivity (Wildman–Crippen MR) is 122 cm³/mol. The minimum absolute atomic E-state index is 0. The van der Waals surface area contributed by atoms with Crippen molar-refractivity contribution in [3.63, 3.8) is 0 Å². The van der Waals surface area contributed by atoms with E-state index in [0.29, 0.717) is 29.6 Å². The fraction of sp³-hybridized carbons (Fsp3) is 0.579. The van der Waals surface area contributed by atoms with Crippen molar-refractivity contribution in [1.82, 2.24) is 10.6 Å². The van der Waals surface area contributed by atoms with Crippen LogP contribution in [0.3, 0.4) is 0 Å². The second-order valence-corrected chi connectivity index (χ2v) is 6.99. The minimum Gasteiger partial charge on any atom is -0.381 e. The van der Waals surface area contributed by atoms with E-state index in [1.807, 2.05) is 25.1 Å². The monoisotopic (exact) mass is 508 g/mol. The fourth-order valence-corrected chi connectivity index (χ4v) is 2.65. The Kier molecular flexibility index (Phi) is 11.7. The summed E-state index contributed by atoms with van der Waals surface area (Å²) in [6, 6.07) is 5.56. The van der Waals surface area contributed by atoms with E-state index in [4.69, 9.17) is 16.3 Å². The normalized spacial score (nSPS) is 13.7. The Bertz CT molecular complexity index is 624. The second-order valence-electron chi connectivity index (χ2n) is 6.58. The fourth-order valence-electron chi connectivity index (χ4n) is 2.36. The van der Waals surface area contributed by atoms with Crippen LogP contribution >= 0.6 is 35.6 Å². The van der Waals surface area contributed by atoms with Gasteiger partial charge in [0, 0.05) is 39.8 Å². The number of nitrogens with one attached hydrogen (secondary N) is 3. The number of aliphatic imine (C=N–C) groups is 1. The molecule has 8 heteroatoms. The molecule has 0 unspecified atom stereocenters. The lowest BCUT2D eigenvalue weighted by atomic mass is 10.2. The highest BCUT2D eigenvalue weighted by molar-refractivity contribution is 14.0. The zero-order valence-corrected chi connectivity index (χ0v) is 19.1. The Balaban J connectivity index is 0.00000364. The molecule has 27 heavy (non-hydrogen) atoms. The number of rotatable bonds is 10. The number of anilines is 1. The van der Waals surface area contributed by atoms with Crippen LogP contribution in [0.1, 0.15) is 31.2 Å². The smallest absolute Gasteiger partial charge is 0.226 e. The van der Waals surface area contributed by atoms with Crippen LogP contribution in [0.15, 0.2) is 23.2 Å². The van der Waals surface area contributed by atoms with E-state index in [9.17, 15) is 4.79 Å². The summed E-state index contributed by atoms with van der Waals surface area (Å²) in [7, 11) is 1.71. The summed E-state index contributed by atoms with van der Waals surface area (Å²) < 4.78 is 5.60. The molecular weight excluding hydrogens is 479 g/mol. The van der Waals surface area contributed by atoms with Gasteiger partial charge in [0.15, 0.2) is 5.96 Å². The Morgan fingerprint density at radius 2 is 2.04 bits per heavy atom. The molecule has 3 N–H and O–H groups in total. The zero-order chi connectivity index (χ0) is 18.8. The molecule has 1 aliphatic carbocycles. The first kappa shape index (κ1) is 24.0. The first-order chi connectivity index (χ1) is 12.6. The summed E-state index contributed by atoms with van der Waals surface area (Å²) in [5.74, 6) is 1.40. The van der Waals surface area contributed by atoms with Gasteiger partial charge in [-0.25, -0.2) is 0 Å². The van der Waals surface area contributed by atoms with E-state index in [-0.39, 0.29) is 29.9 Å². The first-order valence-corrected chi connectivity index (χ1v) is 9.54. The van der Waals surface area contributed by atoms with Gasteiger partial charge in [0.2, 0.25) is 5.91 Å². The van der Waals surface area contributed by atoms with E-state index in [1.54, 1.807) is 7.05 Å². The Hall–Kier alpha value is -1.06. The third-order valence-electron chi connectivity index (χ3n) is 4.08. The zero-order valence-electron chi connectivity index (χ0n) is 16.0. The molecule has 2 rings (SSSR count). The van der Waals surface area contributed by atoms with Crippen molar-refractivity contribution in [1.29, 1.82) is 0 Å². The topological polar surface area (TPSA) is 74.8 Å². The SMILES string of the molecule is CN=C(NCCCOCC1CC1)NCCC(=O)Nc1ccc(C)cc1Cl.I. The van der Waals surface area contributed by atoms with Gasteiger partial charge in [0.05, 0.1) is 10.7 Å². The van der Waals surface area contributed by atoms with Gasteiger partial charge in [0.25, 0.3) is 0 Å². The highest BCUT2D eigenvalue weighted by atomic mass is 127. The van der Waals surface area contributed by atoms with Crippen molar-refractivity contribution < 1.29 is 9.53 Å². The van der Waals surface area contributed by atoms with E-state index >= 15 is 0 Å². The van der Waals surface area contributed by atoms with Crippen LogP contribution in [0.2, 0.25) is 5.02 Å². The molecule has 0 saturated heterocycles. The molecular formula is C19H30ClIN4O2. The van der Waals surface area contributed by atoms with Crippen molar-refractivity contribution >= 4 is 53.1 Å². The van der Waals surface area contributed by atoms with E-state index in [1.165, 1.54) is 12.8 Å². The lowest BCUT2D eigenvalue weighted by molar-refractivity contribution is -0.116. The molecule has 0 bridgehead atoms. The Morgan fingerprint density at radius 3 is 2.70 bits per heavy atom. The number of amides is 1. The number of carbonyl (C=O) groups is 1. The minimum atomic E-state index is -0.0906. The Labute approximate surface area is 183 Å². The van der Waals surface area contributed by atoms with Crippen LogP contribution in [0, 0.1) is 12.8 Å². The van der Waals surface area contributed by atoms with E-state index in [2.05, 4.69) is 20.9 Å². The summed E-state index contributed by atoms with van der Waals surface area (Å²) in [4.78, 5) is 16.2. The van der Waals surface area contributed by atoms with Gasteiger partial charge in [-0.15, -0.1) is 24.0 Å². The van der Waals surface area contributed by atoms with Gasteiger partial charge >= 0.3 is 0 Å². The average Bonchev–Trinajstić information content (AvgIpc) is 3.43. The summed E-state index contributed by atoms with van der Waals surface area (Å²) in [6.07, 6.45) is 3.90. The maximum atomic E-state index is 12.0. The predicted octanol–water partition coefficient (Wildman–Crippen LogP) is 3.58. The number of benzene rings is 1. The van der Waals surface area contributed by atoms with Crippen LogP contribution in [0.25, 0.3) is 0 Å². The lowest BCUT2D eigenvalue weighted by Crippen LogP contribution is -2.39. The maximum Gasteiger partial charge on any atom is 0.226 e. The number of hydrogen-bond donors (Lipinski definition) is 3. The van der Waals surface area contributed by atoms with E-state index in [0.717, 1.165) is 37.7 Å². The number of hydrogen-bond acceptors (Lipinski definition) is 3. The highest BCUT2D eigenvalue weighted by Crippen LogP contribution is 2.28. The standard InChI is InChI=1S/C19H29ClN4O2.HI/c1-14-4-7-17(16(20)12-14)24-18(25)8-10-23-19(21-2)22-9-3-11-26-13-15-5-6-15;/h4,7,12,15H,3,5-6,8-11,13H2,1-2H3,(H,24,25)(H2,21,22,23);1H. The molecule has 0 radical (unpaired) electrons. The molecule has 1 fully saturated rings. The first-order valence-electron chi connectivity index (χ1n) is 9.16. The van der Waals surface area contributed by atoms with Crippen LogP contribution in [-0.2, 0) is 9.53 Å². The van der Waals surface area contributed by atoms with Crippen molar-refractivity contribution in [2.45, 2.75) is 32.6 Å². The number of halogens is 2. The summed E-state index contributed by atoms with van der Waals surface area (Å²) in [5.41, 5.74) is 1.69. The van der Waals surface area contributed by atoms with Gasteiger partial charge in [-0.3, -0.25) is 9.79 Å². The third kappa shape index (κ3) is 10.2. The number of aryl methyl sites for hydroxylation is 1. The third-order valence-corrected chi connectivity index (χ3v) is 4.39.